The summed E-state index contributed by atoms with van der Waals surface area (Å²) in [4.78, 5) is 13.9. The number of unbranched alkanes of at least 4 members (excludes halogenated alkanes) is 1. The predicted molar refractivity (Wildman–Crippen MR) is 101 cm³/mol. The molecular weight excluding hydrogens is 326 g/mol. The highest BCUT2D eigenvalue weighted by Crippen LogP contribution is 2.39. The van der Waals surface area contributed by atoms with Crippen LogP contribution in [0, 0.1) is 0 Å². The first-order chi connectivity index (χ1) is 11.3. The summed E-state index contributed by atoms with van der Waals surface area (Å²) < 4.78 is 5.65. The molecule has 0 N–H and O–H groups in total. The van der Waals surface area contributed by atoms with E-state index in [-0.39, 0.29) is 5.91 Å². The molecule has 23 heavy (non-hydrogen) atoms. The van der Waals surface area contributed by atoms with Crippen molar-refractivity contribution in [3.8, 4) is 5.75 Å². The van der Waals surface area contributed by atoms with Gasteiger partial charge in [0.05, 0.1) is 6.61 Å². The van der Waals surface area contributed by atoms with Gasteiger partial charge in [-0.05, 0) is 37.8 Å². The Balaban J connectivity index is 1.48. The first-order valence-corrected chi connectivity index (χ1v) is 10.8. The Morgan fingerprint density at radius 2 is 2.09 bits per heavy atom. The average Bonchev–Trinajstić information content (AvgIpc) is 3.09. The molecule has 3 nitrogen and oxygen atoms in total. The van der Waals surface area contributed by atoms with Crippen LogP contribution in [0.5, 0.6) is 5.75 Å². The summed E-state index contributed by atoms with van der Waals surface area (Å²) in [5, 5.41) is 0.822. The molecule has 1 atom stereocenters. The second kappa shape index (κ2) is 10.9. The Labute approximate surface area is 147 Å². The lowest BCUT2D eigenvalue weighted by atomic mass is 10.1. The Kier molecular flexibility index (Phi) is 8.76. The third-order valence-corrected chi connectivity index (χ3v) is 6.98. The summed E-state index contributed by atoms with van der Waals surface area (Å²) in [6, 6.07) is 9.82. The monoisotopic (exact) mass is 353 g/mol. The number of carbonyl (C=O) groups is 1. The van der Waals surface area contributed by atoms with Gasteiger partial charge in [-0.3, -0.25) is 4.79 Å². The highest BCUT2D eigenvalue weighted by atomic mass is 33.1. The molecule has 1 unspecified atom stereocenters. The number of benzene rings is 1. The maximum absolute atomic E-state index is 12.1. The molecule has 1 heterocycles. The van der Waals surface area contributed by atoms with Gasteiger partial charge in [-0.15, -0.1) is 0 Å². The SMILES string of the molecule is CN(CCCOc1ccccc1)C(=O)CCCCC1CCSS1. The Morgan fingerprint density at radius 1 is 1.26 bits per heavy atom. The van der Waals surface area contributed by atoms with Crippen molar-refractivity contribution in [1.82, 2.24) is 4.90 Å². The lowest BCUT2D eigenvalue weighted by Gasteiger charge is -2.17. The van der Waals surface area contributed by atoms with E-state index >= 15 is 0 Å². The summed E-state index contributed by atoms with van der Waals surface area (Å²) in [5.41, 5.74) is 0. The maximum atomic E-state index is 12.1. The standard InChI is InChI=1S/C18H27NO2S2/c1-19(13-7-14-21-16-8-3-2-4-9-16)18(20)11-6-5-10-17-12-15-22-23-17/h2-4,8-9,17H,5-7,10-15H2,1H3. The quantitative estimate of drug-likeness (QED) is 0.453. The zero-order valence-corrected chi connectivity index (χ0v) is 15.5. The molecule has 0 saturated carbocycles. The zero-order chi connectivity index (χ0) is 16.3. The zero-order valence-electron chi connectivity index (χ0n) is 13.9. The van der Waals surface area contributed by atoms with Gasteiger partial charge in [-0.1, -0.05) is 46.2 Å². The van der Waals surface area contributed by atoms with Crippen LogP contribution in [-0.4, -0.2) is 42.0 Å². The van der Waals surface area contributed by atoms with Crippen molar-refractivity contribution >= 4 is 27.5 Å². The summed E-state index contributed by atoms with van der Waals surface area (Å²) in [6.07, 6.45) is 6.35. The van der Waals surface area contributed by atoms with Crippen molar-refractivity contribution in [2.45, 2.75) is 43.8 Å². The maximum Gasteiger partial charge on any atom is 0.222 e. The first kappa shape index (κ1) is 18.5. The fourth-order valence-electron chi connectivity index (χ4n) is 2.54. The second-order valence-corrected chi connectivity index (χ2v) is 8.69. The Morgan fingerprint density at radius 3 is 2.83 bits per heavy atom. The van der Waals surface area contributed by atoms with Gasteiger partial charge in [0.1, 0.15) is 5.75 Å². The average molecular weight is 354 g/mol. The molecule has 0 radical (unpaired) electrons. The molecule has 0 spiro atoms. The minimum atomic E-state index is 0.262. The number of rotatable bonds is 10. The molecule has 1 aromatic rings. The van der Waals surface area contributed by atoms with E-state index in [0.29, 0.717) is 13.0 Å². The smallest absolute Gasteiger partial charge is 0.222 e. The van der Waals surface area contributed by atoms with Crippen LogP contribution >= 0.6 is 21.6 Å². The number of hydrogen-bond acceptors (Lipinski definition) is 4. The van der Waals surface area contributed by atoms with Crippen molar-refractivity contribution in [3.05, 3.63) is 30.3 Å². The molecule has 1 aromatic carbocycles. The van der Waals surface area contributed by atoms with E-state index in [0.717, 1.165) is 30.4 Å². The molecule has 128 valence electrons. The van der Waals surface area contributed by atoms with Crippen LogP contribution in [0.3, 0.4) is 0 Å². The number of para-hydroxylation sites is 1. The van der Waals surface area contributed by atoms with E-state index in [1.54, 1.807) is 0 Å². The second-order valence-electron chi connectivity index (χ2n) is 5.91. The number of carbonyl (C=O) groups excluding carboxylic acids is 1. The van der Waals surface area contributed by atoms with Crippen LogP contribution in [0.15, 0.2) is 30.3 Å². The summed E-state index contributed by atoms with van der Waals surface area (Å²) >= 11 is 0. The molecule has 2 rings (SSSR count). The van der Waals surface area contributed by atoms with Gasteiger partial charge < -0.3 is 9.64 Å². The number of ether oxygens (including phenoxy) is 1. The van der Waals surface area contributed by atoms with E-state index in [1.165, 1.54) is 25.0 Å². The topological polar surface area (TPSA) is 29.5 Å². The minimum absolute atomic E-state index is 0.262. The molecule has 1 fully saturated rings. The van der Waals surface area contributed by atoms with Gasteiger partial charge in [-0.25, -0.2) is 0 Å². The normalized spacial score (nSPS) is 17.2. The lowest BCUT2D eigenvalue weighted by Crippen LogP contribution is -2.28. The van der Waals surface area contributed by atoms with Crippen LogP contribution in [0.2, 0.25) is 0 Å². The minimum Gasteiger partial charge on any atom is -0.494 e. The highest BCUT2D eigenvalue weighted by Gasteiger charge is 2.16. The third kappa shape index (κ3) is 7.53. The molecule has 0 bridgehead atoms. The first-order valence-electron chi connectivity index (χ1n) is 8.46. The van der Waals surface area contributed by atoms with Gasteiger partial charge in [0.25, 0.3) is 0 Å². The Hall–Kier alpha value is -0.810. The van der Waals surface area contributed by atoms with Crippen molar-refractivity contribution in [2.24, 2.45) is 0 Å². The predicted octanol–water partition coefficient (Wildman–Crippen LogP) is 4.63. The van der Waals surface area contributed by atoms with Crippen molar-refractivity contribution in [1.29, 1.82) is 0 Å². The van der Waals surface area contributed by atoms with Crippen molar-refractivity contribution < 1.29 is 9.53 Å². The van der Waals surface area contributed by atoms with Gasteiger partial charge >= 0.3 is 0 Å². The summed E-state index contributed by atoms with van der Waals surface area (Å²) in [6.45, 7) is 1.42. The third-order valence-electron chi connectivity index (χ3n) is 3.97. The van der Waals surface area contributed by atoms with Gasteiger partial charge in [0, 0.05) is 31.0 Å². The fraction of sp³-hybridized carbons (Fsp3) is 0.611. The number of nitrogens with zero attached hydrogens (tertiary/aromatic N) is 1. The molecule has 0 aliphatic carbocycles. The molecule has 1 aliphatic heterocycles. The van der Waals surface area contributed by atoms with Gasteiger partial charge in [0.2, 0.25) is 5.91 Å². The van der Waals surface area contributed by atoms with Crippen LogP contribution in [0.4, 0.5) is 0 Å². The molecule has 0 aromatic heterocycles. The molecule has 1 saturated heterocycles. The largest absolute Gasteiger partial charge is 0.494 e. The lowest BCUT2D eigenvalue weighted by molar-refractivity contribution is -0.130. The summed E-state index contributed by atoms with van der Waals surface area (Å²) in [5.74, 6) is 2.45. The van der Waals surface area contributed by atoms with E-state index < -0.39 is 0 Å². The summed E-state index contributed by atoms with van der Waals surface area (Å²) in [7, 11) is 5.91. The van der Waals surface area contributed by atoms with Gasteiger partial charge in [-0.2, -0.15) is 0 Å². The van der Waals surface area contributed by atoms with E-state index in [2.05, 4.69) is 0 Å². The number of hydrogen-bond donors (Lipinski definition) is 0. The molecule has 1 aliphatic rings. The van der Waals surface area contributed by atoms with Gasteiger partial charge in [0.15, 0.2) is 0 Å². The van der Waals surface area contributed by atoms with Crippen LogP contribution in [0.25, 0.3) is 0 Å². The number of amides is 1. The molecular formula is C18H27NO2S2. The molecule has 1 amide bonds. The van der Waals surface area contributed by atoms with Crippen LogP contribution in [0.1, 0.15) is 38.5 Å². The fourth-order valence-corrected chi connectivity index (χ4v) is 5.56. The van der Waals surface area contributed by atoms with E-state index in [9.17, 15) is 4.79 Å². The van der Waals surface area contributed by atoms with Crippen LogP contribution in [-0.2, 0) is 4.79 Å². The highest BCUT2D eigenvalue weighted by molar-refractivity contribution is 8.77. The van der Waals surface area contributed by atoms with Crippen molar-refractivity contribution in [3.63, 3.8) is 0 Å². The van der Waals surface area contributed by atoms with Crippen molar-refractivity contribution in [2.75, 3.05) is 26.0 Å². The van der Waals surface area contributed by atoms with Crippen LogP contribution < -0.4 is 4.74 Å². The van der Waals surface area contributed by atoms with E-state index in [4.69, 9.17) is 4.74 Å². The Bertz CT molecular complexity index is 450. The van der Waals surface area contributed by atoms with E-state index in [1.807, 2.05) is 63.9 Å². The molecule has 5 heteroatoms.